The van der Waals surface area contributed by atoms with Crippen LogP contribution in [0.25, 0.3) is 0 Å². The summed E-state index contributed by atoms with van der Waals surface area (Å²) in [6.45, 7) is 7.10. The molecule has 0 spiro atoms. The zero-order valence-electron chi connectivity index (χ0n) is 16.5. The second-order valence-corrected chi connectivity index (χ2v) is 7.57. The van der Waals surface area contributed by atoms with E-state index in [1.165, 1.54) is 5.56 Å². The monoisotopic (exact) mass is 368 g/mol. The van der Waals surface area contributed by atoms with Crippen molar-refractivity contribution in [1.82, 2.24) is 14.9 Å². The number of pyridine rings is 2. The lowest BCUT2D eigenvalue weighted by molar-refractivity contribution is -0.152. The number of anilines is 2. The molecule has 0 bridgehead atoms. The number of hydrogen-bond donors (Lipinski definition) is 1. The van der Waals surface area contributed by atoms with Crippen LogP contribution in [0.4, 0.5) is 11.6 Å². The molecule has 1 amide bonds. The summed E-state index contributed by atoms with van der Waals surface area (Å²) in [6, 6.07) is 9.95. The normalized spacial score (nSPS) is 17.6. The maximum absolute atomic E-state index is 12.7. The molecule has 144 valence electrons. The van der Waals surface area contributed by atoms with Gasteiger partial charge < -0.3 is 15.0 Å². The number of ether oxygens (including phenoxy) is 1. The smallest absolute Gasteiger partial charge is 0.254 e. The Balaban J connectivity index is 1.73. The lowest BCUT2D eigenvalue weighted by Crippen LogP contribution is -2.49. The fourth-order valence-corrected chi connectivity index (χ4v) is 3.41. The molecule has 0 aliphatic carbocycles. The van der Waals surface area contributed by atoms with Crippen molar-refractivity contribution < 1.29 is 9.53 Å². The van der Waals surface area contributed by atoms with Crippen LogP contribution < -0.4 is 5.32 Å². The zero-order chi connectivity index (χ0) is 19.4. The van der Waals surface area contributed by atoms with E-state index in [9.17, 15) is 4.79 Å². The van der Waals surface area contributed by atoms with Crippen molar-refractivity contribution in [3.63, 3.8) is 0 Å². The number of rotatable bonds is 5. The predicted octanol–water partition coefficient (Wildman–Crippen LogP) is 3.66. The van der Waals surface area contributed by atoms with E-state index in [-0.39, 0.29) is 5.91 Å². The van der Waals surface area contributed by atoms with E-state index in [0.717, 1.165) is 36.7 Å². The summed E-state index contributed by atoms with van der Waals surface area (Å²) >= 11 is 0. The molecule has 0 unspecified atom stereocenters. The number of nitrogens with zero attached hydrogens (tertiary/aromatic N) is 3. The third-order valence-electron chi connectivity index (χ3n) is 5.13. The molecule has 1 saturated heterocycles. The highest BCUT2D eigenvalue weighted by Crippen LogP contribution is 2.30. The first-order valence-electron chi connectivity index (χ1n) is 9.40. The van der Waals surface area contributed by atoms with Crippen molar-refractivity contribution in [2.75, 3.05) is 25.5 Å². The van der Waals surface area contributed by atoms with E-state index in [2.05, 4.69) is 21.4 Å². The lowest BCUT2D eigenvalue weighted by Gasteiger charge is -2.37. The van der Waals surface area contributed by atoms with Gasteiger partial charge in [-0.25, -0.2) is 9.97 Å². The third-order valence-corrected chi connectivity index (χ3v) is 5.13. The Morgan fingerprint density at radius 1 is 1.30 bits per heavy atom. The molecule has 2 aromatic heterocycles. The molecule has 1 aliphatic rings. The second-order valence-electron chi connectivity index (χ2n) is 7.57. The molecular weight excluding hydrogens is 340 g/mol. The molecule has 0 saturated carbocycles. The Kier molecular flexibility index (Phi) is 5.75. The van der Waals surface area contributed by atoms with Gasteiger partial charge in [0.25, 0.3) is 5.91 Å². The largest absolute Gasteiger partial charge is 0.369 e. The molecule has 0 aromatic carbocycles. The first-order valence-corrected chi connectivity index (χ1v) is 9.40. The fourth-order valence-electron chi connectivity index (χ4n) is 3.41. The van der Waals surface area contributed by atoms with Gasteiger partial charge >= 0.3 is 0 Å². The summed E-state index contributed by atoms with van der Waals surface area (Å²) in [7, 11) is 1.58. The van der Waals surface area contributed by atoms with Gasteiger partial charge in [-0.05, 0) is 63.4 Å². The minimum Gasteiger partial charge on any atom is -0.369 e. The van der Waals surface area contributed by atoms with Gasteiger partial charge in [-0.1, -0.05) is 6.07 Å². The van der Waals surface area contributed by atoms with Crippen LogP contribution in [0.1, 0.15) is 43.9 Å². The summed E-state index contributed by atoms with van der Waals surface area (Å²) in [5.41, 5.74) is 1.36. The van der Waals surface area contributed by atoms with Crippen LogP contribution in [-0.4, -0.2) is 46.6 Å². The first kappa shape index (κ1) is 19.3. The van der Waals surface area contributed by atoms with Crippen molar-refractivity contribution in [3.8, 4) is 0 Å². The van der Waals surface area contributed by atoms with Crippen LogP contribution in [0.2, 0.25) is 0 Å². The van der Waals surface area contributed by atoms with Crippen LogP contribution in [0, 0.1) is 6.92 Å². The number of hydrogen-bond acceptors (Lipinski definition) is 5. The van der Waals surface area contributed by atoms with E-state index in [0.29, 0.717) is 12.5 Å². The number of piperidine rings is 1. The zero-order valence-corrected chi connectivity index (χ0v) is 16.5. The van der Waals surface area contributed by atoms with Crippen LogP contribution in [-0.2, 0) is 9.53 Å². The van der Waals surface area contributed by atoms with E-state index in [1.54, 1.807) is 7.11 Å². The Hall–Kier alpha value is -2.47. The van der Waals surface area contributed by atoms with Crippen molar-refractivity contribution in [3.05, 3.63) is 47.8 Å². The van der Waals surface area contributed by atoms with Crippen molar-refractivity contribution in [2.45, 2.75) is 45.1 Å². The molecule has 1 atom stereocenters. The van der Waals surface area contributed by atoms with Gasteiger partial charge in [0.05, 0.1) is 0 Å². The Morgan fingerprint density at radius 3 is 2.85 bits per heavy atom. The number of aryl methyl sites for hydroxylation is 1. The quantitative estimate of drug-likeness (QED) is 0.872. The summed E-state index contributed by atoms with van der Waals surface area (Å²) in [6.07, 6.45) is 3.86. The van der Waals surface area contributed by atoms with Gasteiger partial charge in [-0.3, -0.25) is 4.79 Å². The van der Waals surface area contributed by atoms with E-state index in [4.69, 9.17) is 4.74 Å². The van der Waals surface area contributed by atoms with Crippen LogP contribution in [0.15, 0.2) is 36.5 Å². The van der Waals surface area contributed by atoms with Crippen molar-refractivity contribution in [1.29, 1.82) is 0 Å². The van der Waals surface area contributed by atoms with Gasteiger partial charge in [0, 0.05) is 38.0 Å². The number of nitrogens with one attached hydrogen (secondary N) is 1. The molecule has 6 heteroatoms. The Bertz CT molecular complexity index is 806. The second kappa shape index (κ2) is 8.05. The topological polar surface area (TPSA) is 67.3 Å². The van der Waals surface area contributed by atoms with Gasteiger partial charge in [0.1, 0.15) is 17.2 Å². The maximum atomic E-state index is 12.7. The van der Waals surface area contributed by atoms with Gasteiger partial charge in [0.15, 0.2) is 0 Å². The molecule has 2 aromatic rings. The number of carbonyl (C=O) groups is 1. The molecule has 27 heavy (non-hydrogen) atoms. The molecule has 0 radical (unpaired) electrons. The van der Waals surface area contributed by atoms with E-state index >= 15 is 0 Å². The Morgan fingerprint density at radius 2 is 2.11 bits per heavy atom. The number of carbonyl (C=O) groups excluding carboxylic acids is 1. The first-order chi connectivity index (χ1) is 12.9. The standard InChI is InChI=1S/C21H28N4O2/c1-15-7-5-9-18(23-15)24-19-13-16(10-11-22-19)17-8-6-12-25(14-17)20(26)21(2,3)27-4/h5,7,9-11,13,17H,6,8,12,14H2,1-4H3,(H,22,23,24)/t17-/m1/s1. The average Bonchev–Trinajstić information content (AvgIpc) is 2.68. The highest BCUT2D eigenvalue weighted by atomic mass is 16.5. The number of likely N-dealkylation sites (tertiary alicyclic amines) is 1. The van der Waals surface area contributed by atoms with E-state index in [1.807, 2.05) is 56.1 Å². The SMILES string of the molecule is COC(C)(C)C(=O)N1CCC[C@@H](c2ccnc(Nc3cccc(C)n3)c2)C1. The lowest BCUT2D eigenvalue weighted by atomic mass is 9.90. The number of amides is 1. The average molecular weight is 368 g/mol. The highest BCUT2D eigenvalue weighted by molar-refractivity contribution is 5.84. The van der Waals surface area contributed by atoms with Crippen molar-refractivity contribution >= 4 is 17.5 Å². The Labute approximate surface area is 161 Å². The fraction of sp³-hybridized carbons (Fsp3) is 0.476. The summed E-state index contributed by atoms with van der Waals surface area (Å²) in [4.78, 5) is 23.5. The molecule has 1 aliphatic heterocycles. The van der Waals surface area contributed by atoms with E-state index < -0.39 is 5.60 Å². The van der Waals surface area contributed by atoms with Gasteiger partial charge in [-0.2, -0.15) is 0 Å². The minimum absolute atomic E-state index is 0.0473. The molecular formula is C21H28N4O2. The molecule has 1 fully saturated rings. The van der Waals surface area contributed by atoms with Gasteiger partial charge in [-0.15, -0.1) is 0 Å². The highest BCUT2D eigenvalue weighted by Gasteiger charge is 2.34. The molecule has 6 nitrogen and oxygen atoms in total. The molecule has 1 N–H and O–H groups in total. The van der Waals surface area contributed by atoms with Crippen LogP contribution in [0.3, 0.4) is 0 Å². The third kappa shape index (κ3) is 4.63. The molecule has 3 heterocycles. The molecule has 3 rings (SSSR count). The number of methoxy groups -OCH3 is 1. The minimum atomic E-state index is -0.788. The summed E-state index contributed by atoms with van der Waals surface area (Å²) < 4.78 is 5.37. The van der Waals surface area contributed by atoms with Crippen LogP contribution >= 0.6 is 0 Å². The summed E-state index contributed by atoms with van der Waals surface area (Å²) in [5, 5.41) is 3.27. The summed E-state index contributed by atoms with van der Waals surface area (Å²) in [5.74, 6) is 1.89. The number of aromatic nitrogens is 2. The van der Waals surface area contributed by atoms with Crippen molar-refractivity contribution in [2.24, 2.45) is 0 Å². The maximum Gasteiger partial charge on any atom is 0.254 e. The predicted molar refractivity (Wildman–Crippen MR) is 106 cm³/mol. The van der Waals surface area contributed by atoms with Gasteiger partial charge in [0.2, 0.25) is 0 Å². The van der Waals surface area contributed by atoms with Crippen LogP contribution in [0.5, 0.6) is 0 Å².